The first kappa shape index (κ1) is 8.57. The molecule has 0 aliphatic carbocycles. The van der Waals surface area contributed by atoms with Gasteiger partial charge in [0.2, 0.25) is 0 Å². The Kier molecular flexibility index (Phi) is 2.23. The van der Waals surface area contributed by atoms with Gasteiger partial charge in [0.1, 0.15) is 5.75 Å². The summed E-state index contributed by atoms with van der Waals surface area (Å²) in [7, 11) is 0. The van der Waals surface area contributed by atoms with Crippen LogP contribution in [0.4, 0.5) is 0 Å². The highest BCUT2D eigenvalue weighted by Gasteiger charge is 2.24. The Morgan fingerprint density at radius 2 is 2.38 bits per heavy atom. The molecule has 1 aliphatic heterocycles. The molecule has 1 unspecified atom stereocenters. The third-order valence-electron chi connectivity index (χ3n) is 2.61. The van der Waals surface area contributed by atoms with Crippen molar-refractivity contribution in [1.82, 2.24) is 0 Å². The summed E-state index contributed by atoms with van der Waals surface area (Å²) >= 11 is 0. The van der Waals surface area contributed by atoms with Gasteiger partial charge in [-0.3, -0.25) is 0 Å². The van der Waals surface area contributed by atoms with Crippen LogP contribution in [-0.4, -0.2) is 18.3 Å². The Bertz CT molecular complexity index is 305. The first-order chi connectivity index (χ1) is 6.33. The van der Waals surface area contributed by atoms with Crippen molar-refractivity contribution >= 4 is 0 Å². The summed E-state index contributed by atoms with van der Waals surface area (Å²) in [5, 5.41) is 8.89. The van der Waals surface area contributed by atoms with Crippen molar-refractivity contribution in [3.8, 4) is 5.75 Å². The highest BCUT2D eigenvalue weighted by Crippen LogP contribution is 2.37. The van der Waals surface area contributed by atoms with Crippen LogP contribution >= 0.6 is 0 Å². The van der Waals surface area contributed by atoms with Gasteiger partial charge in [0.15, 0.2) is 0 Å². The number of benzene rings is 1. The van der Waals surface area contributed by atoms with Crippen LogP contribution < -0.4 is 4.74 Å². The smallest absolute Gasteiger partial charge is 0.123 e. The molecule has 0 saturated heterocycles. The predicted octanol–water partition coefficient (Wildman–Crippen LogP) is 1.85. The van der Waals surface area contributed by atoms with E-state index in [4.69, 9.17) is 9.84 Å². The van der Waals surface area contributed by atoms with E-state index in [9.17, 15) is 0 Å². The van der Waals surface area contributed by atoms with E-state index in [2.05, 4.69) is 13.0 Å². The minimum Gasteiger partial charge on any atom is -0.493 e. The summed E-state index contributed by atoms with van der Waals surface area (Å²) in [5.41, 5.74) is 2.56. The Morgan fingerprint density at radius 1 is 1.54 bits per heavy atom. The molecule has 0 aromatic heterocycles. The molecule has 2 heteroatoms. The molecule has 0 spiro atoms. The first-order valence-corrected chi connectivity index (χ1v) is 4.66. The van der Waals surface area contributed by atoms with E-state index in [1.807, 2.05) is 12.1 Å². The number of aliphatic hydroxyl groups excluding tert-OH is 1. The maximum Gasteiger partial charge on any atom is 0.123 e. The largest absolute Gasteiger partial charge is 0.493 e. The van der Waals surface area contributed by atoms with E-state index in [0.29, 0.717) is 5.92 Å². The van der Waals surface area contributed by atoms with Crippen LogP contribution in [-0.2, 0) is 0 Å². The highest BCUT2D eigenvalue weighted by atomic mass is 16.5. The molecule has 13 heavy (non-hydrogen) atoms. The zero-order valence-corrected chi connectivity index (χ0v) is 7.79. The molecule has 2 nitrogen and oxygen atoms in total. The fourth-order valence-corrected chi connectivity index (χ4v) is 1.96. The number of aliphatic hydroxyl groups is 1. The molecule has 1 N–H and O–H groups in total. The molecule has 1 aromatic carbocycles. The van der Waals surface area contributed by atoms with E-state index < -0.39 is 0 Å². The van der Waals surface area contributed by atoms with E-state index >= 15 is 0 Å². The maximum absolute atomic E-state index is 8.89. The second-order valence-electron chi connectivity index (χ2n) is 3.51. The number of aryl methyl sites for hydroxylation is 1. The van der Waals surface area contributed by atoms with Gasteiger partial charge in [-0.05, 0) is 25.0 Å². The molecule has 0 radical (unpaired) electrons. The average Bonchev–Trinajstić information content (AvgIpc) is 2.51. The second kappa shape index (κ2) is 3.38. The third-order valence-corrected chi connectivity index (χ3v) is 2.61. The van der Waals surface area contributed by atoms with Crippen LogP contribution in [0.3, 0.4) is 0 Å². The number of rotatable bonds is 2. The third kappa shape index (κ3) is 1.42. The lowest BCUT2D eigenvalue weighted by Gasteiger charge is -2.08. The van der Waals surface area contributed by atoms with Crippen molar-refractivity contribution in [3.05, 3.63) is 29.3 Å². The van der Waals surface area contributed by atoms with Gasteiger partial charge in [-0.2, -0.15) is 0 Å². The van der Waals surface area contributed by atoms with Gasteiger partial charge >= 0.3 is 0 Å². The first-order valence-electron chi connectivity index (χ1n) is 4.66. The monoisotopic (exact) mass is 178 g/mol. The zero-order valence-electron chi connectivity index (χ0n) is 7.79. The van der Waals surface area contributed by atoms with Crippen molar-refractivity contribution in [2.45, 2.75) is 19.3 Å². The Labute approximate surface area is 78.2 Å². The minimum absolute atomic E-state index is 0.238. The molecule has 0 fully saturated rings. The van der Waals surface area contributed by atoms with Crippen molar-refractivity contribution < 1.29 is 9.84 Å². The molecule has 70 valence electrons. The van der Waals surface area contributed by atoms with Gasteiger partial charge in [0.25, 0.3) is 0 Å². The van der Waals surface area contributed by atoms with Gasteiger partial charge in [0.05, 0.1) is 6.61 Å². The number of ether oxygens (including phenoxy) is 1. The quantitative estimate of drug-likeness (QED) is 0.749. The summed E-state index contributed by atoms with van der Waals surface area (Å²) in [6.07, 6.45) is 0.803. The van der Waals surface area contributed by atoms with Crippen LogP contribution in [0.2, 0.25) is 0 Å². The number of fused-ring (bicyclic) bond motifs is 1. The summed E-state index contributed by atoms with van der Waals surface area (Å²) in [5.74, 6) is 1.39. The molecule has 0 bridgehead atoms. The van der Waals surface area contributed by atoms with Gasteiger partial charge in [-0.25, -0.2) is 0 Å². The summed E-state index contributed by atoms with van der Waals surface area (Å²) in [6.45, 7) is 3.06. The summed E-state index contributed by atoms with van der Waals surface area (Å²) in [4.78, 5) is 0. The highest BCUT2D eigenvalue weighted by molar-refractivity contribution is 5.45. The van der Waals surface area contributed by atoms with Crippen molar-refractivity contribution in [1.29, 1.82) is 0 Å². The SMILES string of the molecule is Cc1cccc2c1C(CCO)CO2. The standard InChI is InChI=1S/C11H14O2/c1-8-3-2-4-10-11(8)9(5-6-12)7-13-10/h2-4,9,12H,5-7H2,1H3. The molecule has 1 atom stereocenters. The topological polar surface area (TPSA) is 29.5 Å². The predicted molar refractivity (Wildman–Crippen MR) is 51.1 cm³/mol. The molecular weight excluding hydrogens is 164 g/mol. The minimum atomic E-state index is 0.238. The molecule has 1 aromatic rings. The zero-order chi connectivity index (χ0) is 9.26. The molecule has 0 saturated carbocycles. The molecule has 0 amide bonds. The lowest BCUT2D eigenvalue weighted by atomic mass is 9.94. The Morgan fingerprint density at radius 3 is 3.15 bits per heavy atom. The lowest BCUT2D eigenvalue weighted by molar-refractivity contribution is 0.254. The molecule has 1 heterocycles. The molecular formula is C11H14O2. The Balaban J connectivity index is 2.34. The van der Waals surface area contributed by atoms with E-state index in [1.54, 1.807) is 0 Å². The van der Waals surface area contributed by atoms with Crippen LogP contribution in [0.15, 0.2) is 18.2 Å². The summed E-state index contributed by atoms with van der Waals surface area (Å²) < 4.78 is 5.53. The maximum atomic E-state index is 8.89. The van der Waals surface area contributed by atoms with Crippen molar-refractivity contribution in [3.63, 3.8) is 0 Å². The van der Waals surface area contributed by atoms with Crippen LogP contribution in [0.1, 0.15) is 23.5 Å². The normalized spacial score (nSPS) is 19.7. The van der Waals surface area contributed by atoms with Gasteiger partial charge < -0.3 is 9.84 Å². The van der Waals surface area contributed by atoms with Gasteiger partial charge in [-0.1, -0.05) is 12.1 Å². The van der Waals surface area contributed by atoms with Crippen molar-refractivity contribution in [2.24, 2.45) is 0 Å². The second-order valence-corrected chi connectivity index (χ2v) is 3.51. The van der Waals surface area contributed by atoms with E-state index in [0.717, 1.165) is 18.8 Å². The number of hydrogen-bond donors (Lipinski definition) is 1. The van der Waals surface area contributed by atoms with Gasteiger partial charge in [-0.15, -0.1) is 0 Å². The molecule has 2 rings (SSSR count). The van der Waals surface area contributed by atoms with Crippen LogP contribution in [0, 0.1) is 6.92 Å². The van der Waals surface area contributed by atoms with Gasteiger partial charge in [0, 0.05) is 18.1 Å². The van der Waals surface area contributed by atoms with E-state index in [-0.39, 0.29) is 6.61 Å². The molecule has 1 aliphatic rings. The van der Waals surface area contributed by atoms with Crippen LogP contribution in [0.5, 0.6) is 5.75 Å². The lowest BCUT2D eigenvalue weighted by Crippen LogP contribution is -2.03. The van der Waals surface area contributed by atoms with Crippen molar-refractivity contribution in [2.75, 3.05) is 13.2 Å². The Hall–Kier alpha value is -1.02. The summed E-state index contributed by atoms with van der Waals surface area (Å²) in [6, 6.07) is 6.10. The van der Waals surface area contributed by atoms with Crippen LogP contribution in [0.25, 0.3) is 0 Å². The van der Waals surface area contributed by atoms with E-state index in [1.165, 1.54) is 11.1 Å². The fourth-order valence-electron chi connectivity index (χ4n) is 1.96. The fraction of sp³-hybridized carbons (Fsp3) is 0.455. The number of hydrogen-bond acceptors (Lipinski definition) is 2. The average molecular weight is 178 g/mol.